The standard InChI is InChI=1S/C17H35NO/c1-4-6-7-11-16(3,19)17(14-18)12-9-15(8-5-2)10-13-17/h15,19H,4-14,18H2,1-3H3. The molecule has 1 fully saturated rings. The van der Waals surface area contributed by atoms with Crippen LogP contribution in [0.4, 0.5) is 0 Å². The van der Waals surface area contributed by atoms with Crippen molar-refractivity contribution in [2.45, 2.75) is 90.6 Å². The van der Waals surface area contributed by atoms with Crippen molar-refractivity contribution in [1.82, 2.24) is 0 Å². The van der Waals surface area contributed by atoms with Crippen LogP contribution in [-0.4, -0.2) is 17.3 Å². The minimum Gasteiger partial charge on any atom is -0.390 e. The van der Waals surface area contributed by atoms with E-state index in [1.54, 1.807) is 0 Å². The highest BCUT2D eigenvalue weighted by molar-refractivity contribution is 4.99. The van der Waals surface area contributed by atoms with Crippen molar-refractivity contribution in [2.24, 2.45) is 17.1 Å². The van der Waals surface area contributed by atoms with Crippen LogP contribution in [0.3, 0.4) is 0 Å². The summed E-state index contributed by atoms with van der Waals surface area (Å²) in [4.78, 5) is 0. The van der Waals surface area contributed by atoms with Crippen molar-refractivity contribution < 1.29 is 5.11 Å². The fraction of sp³-hybridized carbons (Fsp3) is 1.00. The van der Waals surface area contributed by atoms with E-state index in [-0.39, 0.29) is 5.41 Å². The summed E-state index contributed by atoms with van der Waals surface area (Å²) in [6, 6.07) is 0. The molecule has 0 bridgehead atoms. The van der Waals surface area contributed by atoms with Crippen molar-refractivity contribution in [3.8, 4) is 0 Å². The van der Waals surface area contributed by atoms with E-state index in [2.05, 4.69) is 13.8 Å². The number of aliphatic hydroxyl groups is 1. The van der Waals surface area contributed by atoms with E-state index >= 15 is 0 Å². The van der Waals surface area contributed by atoms with E-state index in [0.717, 1.165) is 31.6 Å². The molecule has 1 rings (SSSR count). The molecule has 0 amide bonds. The lowest BCUT2D eigenvalue weighted by Gasteiger charge is -2.49. The van der Waals surface area contributed by atoms with Gasteiger partial charge in [-0.25, -0.2) is 0 Å². The van der Waals surface area contributed by atoms with E-state index in [1.165, 1.54) is 38.5 Å². The molecule has 0 aliphatic heterocycles. The summed E-state index contributed by atoms with van der Waals surface area (Å²) in [6.45, 7) is 7.16. The molecule has 114 valence electrons. The molecule has 19 heavy (non-hydrogen) atoms. The van der Waals surface area contributed by atoms with Crippen molar-refractivity contribution in [2.75, 3.05) is 6.54 Å². The average Bonchev–Trinajstić information content (AvgIpc) is 2.40. The highest BCUT2D eigenvalue weighted by Crippen LogP contribution is 2.48. The smallest absolute Gasteiger partial charge is 0.0687 e. The molecule has 0 aromatic rings. The third kappa shape index (κ3) is 4.19. The number of nitrogens with two attached hydrogens (primary N) is 1. The molecule has 2 nitrogen and oxygen atoms in total. The van der Waals surface area contributed by atoms with Crippen LogP contribution in [-0.2, 0) is 0 Å². The van der Waals surface area contributed by atoms with E-state index in [0.29, 0.717) is 6.54 Å². The maximum Gasteiger partial charge on any atom is 0.0687 e. The van der Waals surface area contributed by atoms with Gasteiger partial charge in [-0.15, -0.1) is 0 Å². The molecule has 0 heterocycles. The summed E-state index contributed by atoms with van der Waals surface area (Å²) in [7, 11) is 0. The monoisotopic (exact) mass is 269 g/mol. The molecule has 1 aliphatic rings. The SMILES string of the molecule is CCCCCC(C)(O)C1(CN)CCC(CCC)CC1. The van der Waals surface area contributed by atoms with Gasteiger partial charge in [-0.05, 0) is 44.9 Å². The van der Waals surface area contributed by atoms with Crippen LogP contribution in [0.1, 0.15) is 85.0 Å². The van der Waals surface area contributed by atoms with Gasteiger partial charge in [0.25, 0.3) is 0 Å². The number of rotatable bonds is 8. The summed E-state index contributed by atoms with van der Waals surface area (Å²) >= 11 is 0. The third-order valence-corrected chi connectivity index (χ3v) is 5.56. The summed E-state index contributed by atoms with van der Waals surface area (Å²) < 4.78 is 0. The lowest BCUT2D eigenvalue weighted by atomic mass is 9.60. The molecule has 1 unspecified atom stereocenters. The lowest BCUT2D eigenvalue weighted by Crippen LogP contribution is -2.52. The zero-order chi connectivity index (χ0) is 14.4. The maximum atomic E-state index is 11.0. The van der Waals surface area contributed by atoms with Crippen LogP contribution in [0.5, 0.6) is 0 Å². The Hall–Kier alpha value is -0.0800. The molecular formula is C17H35NO. The first kappa shape index (κ1) is 17.0. The molecule has 1 atom stereocenters. The Morgan fingerprint density at radius 3 is 2.26 bits per heavy atom. The highest BCUT2D eigenvalue weighted by atomic mass is 16.3. The second-order valence-corrected chi connectivity index (χ2v) is 6.95. The van der Waals surface area contributed by atoms with E-state index < -0.39 is 5.60 Å². The number of unbranched alkanes of at least 4 members (excludes halogenated alkanes) is 2. The van der Waals surface area contributed by atoms with Crippen LogP contribution in [0.2, 0.25) is 0 Å². The molecule has 3 N–H and O–H groups in total. The minimum atomic E-state index is -0.575. The average molecular weight is 269 g/mol. The molecule has 1 saturated carbocycles. The molecule has 0 aromatic heterocycles. The van der Waals surface area contributed by atoms with Gasteiger partial charge >= 0.3 is 0 Å². The van der Waals surface area contributed by atoms with Gasteiger partial charge in [0.2, 0.25) is 0 Å². The first-order valence-corrected chi connectivity index (χ1v) is 8.44. The van der Waals surface area contributed by atoms with Crippen LogP contribution >= 0.6 is 0 Å². The van der Waals surface area contributed by atoms with Crippen LogP contribution < -0.4 is 5.73 Å². The fourth-order valence-electron chi connectivity index (χ4n) is 3.87. The van der Waals surface area contributed by atoms with Gasteiger partial charge in [0.05, 0.1) is 5.60 Å². The quantitative estimate of drug-likeness (QED) is 0.647. The highest BCUT2D eigenvalue weighted by Gasteiger charge is 2.47. The molecule has 0 saturated heterocycles. The first-order valence-electron chi connectivity index (χ1n) is 8.44. The summed E-state index contributed by atoms with van der Waals surface area (Å²) in [5, 5.41) is 11.0. The Bertz CT molecular complexity index is 242. The predicted molar refractivity (Wildman–Crippen MR) is 83.1 cm³/mol. The fourth-order valence-corrected chi connectivity index (χ4v) is 3.87. The van der Waals surface area contributed by atoms with Gasteiger partial charge in [0.15, 0.2) is 0 Å². The first-order chi connectivity index (χ1) is 9.01. The third-order valence-electron chi connectivity index (χ3n) is 5.56. The second kappa shape index (κ2) is 7.64. The zero-order valence-electron chi connectivity index (χ0n) is 13.4. The van der Waals surface area contributed by atoms with Crippen LogP contribution in [0.15, 0.2) is 0 Å². The molecule has 1 aliphatic carbocycles. The van der Waals surface area contributed by atoms with Gasteiger partial charge in [-0.1, -0.05) is 46.0 Å². The van der Waals surface area contributed by atoms with E-state index in [1.807, 2.05) is 6.92 Å². The zero-order valence-corrected chi connectivity index (χ0v) is 13.4. The Morgan fingerprint density at radius 1 is 1.16 bits per heavy atom. The molecule has 0 aromatic carbocycles. The Labute approximate surface area is 120 Å². The van der Waals surface area contributed by atoms with Gasteiger partial charge < -0.3 is 10.8 Å². The topological polar surface area (TPSA) is 46.2 Å². The Kier molecular flexibility index (Phi) is 6.82. The van der Waals surface area contributed by atoms with Crippen molar-refractivity contribution in [1.29, 1.82) is 0 Å². The summed E-state index contributed by atoms with van der Waals surface area (Å²) in [6.07, 6.45) is 11.9. The maximum absolute atomic E-state index is 11.0. The minimum absolute atomic E-state index is 0.0228. The van der Waals surface area contributed by atoms with Gasteiger partial charge in [0.1, 0.15) is 0 Å². The predicted octanol–water partition coefficient (Wildman–Crippen LogP) is 4.25. The van der Waals surface area contributed by atoms with Crippen molar-refractivity contribution in [3.05, 3.63) is 0 Å². The van der Waals surface area contributed by atoms with Gasteiger partial charge in [0, 0.05) is 12.0 Å². The largest absolute Gasteiger partial charge is 0.390 e. The normalized spacial score (nSPS) is 31.1. The second-order valence-electron chi connectivity index (χ2n) is 6.95. The van der Waals surface area contributed by atoms with Crippen molar-refractivity contribution >= 4 is 0 Å². The lowest BCUT2D eigenvalue weighted by molar-refractivity contribution is -0.0984. The number of hydrogen-bond donors (Lipinski definition) is 2. The van der Waals surface area contributed by atoms with E-state index in [9.17, 15) is 5.11 Å². The number of hydrogen-bond acceptors (Lipinski definition) is 2. The summed E-state index contributed by atoms with van der Waals surface area (Å²) in [5.74, 6) is 0.871. The van der Waals surface area contributed by atoms with Gasteiger partial charge in [-0.3, -0.25) is 0 Å². The Morgan fingerprint density at radius 2 is 1.79 bits per heavy atom. The summed E-state index contributed by atoms with van der Waals surface area (Å²) in [5.41, 5.74) is 5.49. The molecule has 0 radical (unpaired) electrons. The Balaban J connectivity index is 2.60. The van der Waals surface area contributed by atoms with Crippen molar-refractivity contribution in [3.63, 3.8) is 0 Å². The molecule has 2 heteroatoms. The van der Waals surface area contributed by atoms with Crippen LogP contribution in [0.25, 0.3) is 0 Å². The van der Waals surface area contributed by atoms with E-state index in [4.69, 9.17) is 5.73 Å². The van der Waals surface area contributed by atoms with Gasteiger partial charge in [-0.2, -0.15) is 0 Å². The van der Waals surface area contributed by atoms with Crippen LogP contribution in [0, 0.1) is 11.3 Å². The molecular weight excluding hydrogens is 234 g/mol. The molecule has 0 spiro atoms.